The van der Waals surface area contributed by atoms with Gasteiger partial charge in [0.2, 0.25) is 0 Å². The quantitative estimate of drug-likeness (QED) is 0.203. The molecule has 4 heterocycles. The molecule has 3 N–H and O–H groups in total. The molecule has 0 spiro atoms. The maximum Gasteiger partial charge on any atom is 0.259 e. The van der Waals surface area contributed by atoms with Crippen LogP contribution in [0.1, 0.15) is 42.7 Å². The largest absolute Gasteiger partial charge is 0.339 e. The number of aryl methyl sites for hydroxylation is 1. The monoisotopic (exact) mass is 542 g/mol. The Hall–Kier alpha value is -4.49. The summed E-state index contributed by atoms with van der Waals surface area (Å²) in [6.07, 6.45) is 8.65. The molecule has 7 rings (SSSR count). The second-order valence-electron chi connectivity index (χ2n) is 11.3. The molecular weight excluding hydrogens is 508 g/mol. The van der Waals surface area contributed by atoms with Crippen molar-refractivity contribution < 1.29 is 0 Å². The fourth-order valence-electron chi connectivity index (χ4n) is 6.17. The van der Waals surface area contributed by atoms with Gasteiger partial charge in [-0.3, -0.25) is 4.79 Å². The normalized spacial score (nSPS) is 16.1. The summed E-state index contributed by atoms with van der Waals surface area (Å²) >= 11 is 0. The molecule has 3 aromatic heterocycles. The van der Waals surface area contributed by atoms with Gasteiger partial charge in [-0.1, -0.05) is 36.4 Å². The van der Waals surface area contributed by atoms with Crippen molar-refractivity contribution in [1.29, 1.82) is 0 Å². The van der Waals surface area contributed by atoms with Crippen LogP contribution in [-0.4, -0.2) is 39.0 Å². The minimum absolute atomic E-state index is 0.177. The molecule has 1 aliphatic carbocycles. The van der Waals surface area contributed by atoms with E-state index >= 15 is 0 Å². The summed E-state index contributed by atoms with van der Waals surface area (Å²) in [7, 11) is 0. The number of anilines is 4. The van der Waals surface area contributed by atoms with Gasteiger partial charge < -0.3 is 20.5 Å². The van der Waals surface area contributed by atoms with Crippen molar-refractivity contribution in [3.05, 3.63) is 107 Å². The van der Waals surface area contributed by atoms with Gasteiger partial charge in [0.05, 0.1) is 5.39 Å². The lowest BCUT2D eigenvalue weighted by atomic mass is 9.86. The Morgan fingerprint density at radius 3 is 2.46 bits per heavy atom. The Balaban J connectivity index is 1.16. The molecule has 7 nitrogen and oxygen atoms in total. The zero-order valence-electron chi connectivity index (χ0n) is 23.2. The Bertz CT molecular complexity index is 1750. The number of pyridine rings is 3. The highest BCUT2D eigenvalue weighted by Gasteiger charge is 2.32. The van der Waals surface area contributed by atoms with Crippen molar-refractivity contribution in [3.63, 3.8) is 0 Å². The van der Waals surface area contributed by atoms with Crippen LogP contribution in [0.4, 0.5) is 23.1 Å². The number of aromatic amines is 1. The third kappa shape index (κ3) is 5.45. The highest BCUT2D eigenvalue weighted by Crippen LogP contribution is 2.36. The third-order valence-corrected chi connectivity index (χ3v) is 8.44. The molecule has 2 aliphatic rings. The van der Waals surface area contributed by atoms with Gasteiger partial charge in [-0.15, -0.1) is 0 Å². The molecule has 7 heteroatoms. The van der Waals surface area contributed by atoms with Gasteiger partial charge in [-0.2, -0.15) is 0 Å². The average molecular weight is 543 g/mol. The van der Waals surface area contributed by atoms with Crippen LogP contribution >= 0.6 is 0 Å². The molecule has 206 valence electrons. The molecule has 0 atom stereocenters. The lowest BCUT2D eigenvalue weighted by Gasteiger charge is -2.33. The number of benzene rings is 2. The van der Waals surface area contributed by atoms with Gasteiger partial charge in [0.1, 0.15) is 17.5 Å². The van der Waals surface area contributed by atoms with Crippen molar-refractivity contribution >= 4 is 33.9 Å². The van der Waals surface area contributed by atoms with Crippen LogP contribution in [0.2, 0.25) is 0 Å². The van der Waals surface area contributed by atoms with Crippen LogP contribution in [0.5, 0.6) is 0 Å². The van der Waals surface area contributed by atoms with E-state index in [0.29, 0.717) is 28.8 Å². The SMILES string of the molecule is Cc1cc(Nc2nc(Nc3cc(-c4ccccc4)ccn3)cc3cc[nH]c(=O)c23)ccc1C1CCN(C2CC2)CC1. The number of hydrogen-bond acceptors (Lipinski definition) is 6. The number of hydrogen-bond donors (Lipinski definition) is 3. The Kier molecular flexibility index (Phi) is 6.72. The highest BCUT2D eigenvalue weighted by atomic mass is 16.1. The summed E-state index contributed by atoms with van der Waals surface area (Å²) in [5.41, 5.74) is 5.62. The topological polar surface area (TPSA) is 85.9 Å². The molecular formula is C34H34N6O. The van der Waals surface area contributed by atoms with Gasteiger partial charge in [0.15, 0.2) is 0 Å². The van der Waals surface area contributed by atoms with Crippen molar-refractivity contribution in [2.24, 2.45) is 0 Å². The second-order valence-corrected chi connectivity index (χ2v) is 11.3. The molecule has 41 heavy (non-hydrogen) atoms. The van der Waals surface area contributed by atoms with Crippen LogP contribution in [0.15, 0.2) is 90.0 Å². The van der Waals surface area contributed by atoms with Crippen molar-refractivity contribution in [1.82, 2.24) is 19.9 Å². The summed E-state index contributed by atoms with van der Waals surface area (Å²) in [5, 5.41) is 8.13. The Morgan fingerprint density at radius 1 is 0.854 bits per heavy atom. The summed E-state index contributed by atoms with van der Waals surface area (Å²) in [6, 6.07) is 25.4. The fraction of sp³-hybridized carbons (Fsp3) is 0.265. The maximum absolute atomic E-state index is 12.9. The number of aromatic nitrogens is 3. The van der Waals surface area contributed by atoms with Crippen LogP contribution in [-0.2, 0) is 0 Å². The lowest BCUT2D eigenvalue weighted by Crippen LogP contribution is -2.34. The molecule has 2 aromatic carbocycles. The summed E-state index contributed by atoms with van der Waals surface area (Å²) in [4.78, 5) is 27.7. The molecule has 1 saturated heterocycles. The van der Waals surface area contributed by atoms with E-state index < -0.39 is 0 Å². The second kappa shape index (κ2) is 10.8. The number of nitrogens with one attached hydrogen (secondary N) is 3. The van der Waals surface area contributed by atoms with Crippen molar-refractivity contribution in [2.75, 3.05) is 23.7 Å². The number of rotatable bonds is 7. The number of fused-ring (bicyclic) bond motifs is 1. The predicted octanol–water partition coefficient (Wildman–Crippen LogP) is 7.12. The minimum Gasteiger partial charge on any atom is -0.339 e. The maximum atomic E-state index is 12.9. The van der Waals surface area contributed by atoms with E-state index in [4.69, 9.17) is 4.98 Å². The first-order valence-corrected chi connectivity index (χ1v) is 14.5. The van der Waals surface area contributed by atoms with E-state index in [-0.39, 0.29) is 5.56 Å². The molecule has 1 saturated carbocycles. The van der Waals surface area contributed by atoms with Crippen molar-refractivity contribution in [2.45, 2.75) is 44.6 Å². The standard InChI is InChI=1S/C34H34N6O/c1-22-19-27(7-10-29(22)24-13-17-40(18-14-24)28-8-9-28)37-33-32-26(12-16-36-34(32)41)21-31(39-33)38-30-20-25(11-15-35-30)23-5-3-2-4-6-23/h2-7,10-12,15-16,19-21,24,28H,8-9,13-14,17-18H2,1H3,(H,36,41)(H2,35,37,38,39). The molecule has 0 amide bonds. The average Bonchev–Trinajstić information content (AvgIpc) is 3.84. The fourth-order valence-corrected chi connectivity index (χ4v) is 6.17. The Morgan fingerprint density at radius 2 is 1.68 bits per heavy atom. The summed E-state index contributed by atoms with van der Waals surface area (Å²) < 4.78 is 0. The molecule has 1 aliphatic heterocycles. The van der Waals surface area contributed by atoms with Crippen molar-refractivity contribution in [3.8, 4) is 11.1 Å². The van der Waals surface area contributed by atoms with Gasteiger partial charge >= 0.3 is 0 Å². The molecule has 5 aromatic rings. The number of piperidine rings is 1. The van der Waals surface area contributed by atoms with Crippen LogP contribution in [0.3, 0.4) is 0 Å². The Labute approximate surface area is 239 Å². The lowest BCUT2D eigenvalue weighted by molar-refractivity contribution is 0.203. The molecule has 2 fully saturated rings. The zero-order valence-corrected chi connectivity index (χ0v) is 23.2. The number of H-pyrrole nitrogens is 1. The highest BCUT2D eigenvalue weighted by molar-refractivity contribution is 5.94. The van der Waals surface area contributed by atoms with Gasteiger partial charge in [-0.05, 0) is 116 Å². The first kappa shape index (κ1) is 25.5. The van der Waals surface area contributed by atoms with E-state index in [2.05, 4.69) is 62.8 Å². The van der Waals surface area contributed by atoms with E-state index in [1.54, 1.807) is 12.4 Å². The number of likely N-dealkylation sites (tertiary alicyclic amines) is 1. The van der Waals surface area contributed by atoms with Crippen LogP contribution in [0.25, 0.3) is 21.9 Å². The first-order chi connectivity index (χ1) is 20.1. The van der Waals surface area contributed by atoms with Gasteiger partial charge in [0.25, 0.3) is 5.56 Å². The van der Waals surface area contributed by atoms with E-state index in [0.717, 1.165) is 28.2 Å². The van der Waals surface area contributed by atoms with Crippen LogP contribution < -0.4 is 16.2 Å². The summed E-state index contributed by atoms with van der Waals surface area (Å²) in [6.45, 7) is 4.60. The van der Waals surface area contributed by atoms with E-state index in [9.17, 15) is 4.79 Å². The minimum atomic E-state index is -0.177. The molecule has 0 bridgehead atoms. The van der Waals surface area contributed by atoms with Gasteiger partial charge in [0, 0.05) is 24.1 Å². The molecule has 0 unspecified atom stereocenters. The zero-order chi connectivity index (χ0) is 27.8. The predicted molar refractivity (Wildman–Crippen MR) is 166 cm³/mol. The van der Waals surface area contributed by atoms with Crippen LogP contribution in [0, 0.1) is 6.92 Å². The first-order valence-electron chi connectivity index (χ1n) is 14.5. The molecule has 0 radical (unpaired) electrons. The van der Waals surface area contributed by atoms with Gasteiger partial charge in [-0.25, -0.2) is 9.97 Å². The third-order valence-electron chi connectivity index (χ3n) is 8.44. The van der Waals surface area contributed by atoms with E-state index in [1.165, 1.54) is 49.9 Å². The number of nitrogens with zero attached hydrogens (tertiary/aromatic N) is 3. The summed E-state index contributed by atoms with van der Waals surface area (Å²) in [5.74, 6) is 2.41. The smallest absolute Gasteiger partial charge is 0.259 e. The van der Waals surface area contributed by atoms with E-state index in [1.807, 2.05) is 42.5 Å².